The van der Waals surface area contributed by atoms with Crippen LogP contribution in [0.25, 0.3) is 0 Å². The van der Waals surface area contributed by atoms with Crippen molar-refractivity contribution in [1.82, 2.24) is 9.55 Å². The third kappa shape index (κ3) is 3.28. The molecule has 0 unspecified atom stereocenters. The van der Waals surface area contributed by atoms with Gasteiger partial charge < -0.3 is 24.4 Å². The minimum atomic E-state index is -1.11. The Morgan fingerprint density at radius 2 is 2.14 bits per heavy atom. The number of nitrogens with one attached hydrogen (secondary N) is 1. The van der Waals surface area contributed by atoms with Crippen LogP contribution in [0.2, 0.25) is 0 Å². The Balaban J connectivity index is 2.31. The topological polar surface area (TPSA) is 123 Å². The highest BCUT2D eigenvalue weighted by Gasteiger charge is 2.45. The molecule has 124 valence electrons. The van der Waals surface area contributed by atoms with Gasteiger partial charge in [-0.05, 0) is 6.92 Å². The Morgan fingerprint density at radius 3 is 2.77 bits per heavy atom. The molecule has 1 aliphatic rings. The quantitative estimate of drug-likeness (QED) is 0.525. The zero-order valence-electron chi connectivity index (χ0n) is 12.4. The van der Waals surface area contributed by atoms with Crippen molar-refractivity contribution in [3.05, 3.63) is 32.6 Å². The Hall–Kier alpha value is -1.52. The van der Waals surface area contributed by atoms with Gasteiger partial charge in [-0.3, -0.25) is 14.3 Å². The number of hydrogen-bond acceptors (Lipinski definition) is 7. The first-order valence-corrected chi connectivity index (χ1v) is 6.86. The molecule has 1 aromatic heterocycles. The largest absolute Gasteiger partial charge is 0.394 e. The van der Waals surface area contributed by atoms with Crippen molar-refractivity contribution in [2.24, 2.45) is 0 Å². The van der Waals surface area contributed by atoms with Gasteiger partial charge in [-0.1, -0.05) is 0 Å². The third-order valence-electron chi connectivity index (χ3n) is 3.51. The maximum Gasteiger partial charge on any atom is 0.330 e. The Labute approximate surface area is 126 Å². The van der Waals surface area contributed by atoms with Crippen LogP contribution in [0.15, 0.2) is 15.8 Å². The summed E-state index contributed by atoms with van der Waals surface area (Å²) in [4.78, 5) is 25.6. The van der Waals surface area contributed by atoms with Gasteiger partial charge in [0, 0.05) is 18.9 Å². The number of ether oxygens (including phenoxy) is 3. The first-order valence-electron chi connectivity index (χ1n) is 6.86. The molecule has 0 aliphatic carbocycles. The zero-order valence-corrected chi connectivity index (χ0v) is 12.4. The lowest BCUT2D eigenvalue weighted by Gasteiger charge is -2.22. The molecule has 0 spiro atoms. The highest BCUT2D eigenvalue weighted by Crippen LogP contribution is 2.30. The van der Waals surface area contributed by atoms with E-state index in [1.165, 1.54) is 13.3 Å². The lowest BCUT2D eigenvalue weighted by Crippen LogP contribution is -2.40. The fraction of sp³-hybridized carbons (Fsp3) is 0.692. The van der Waals surface area contributed by atoms with Crippen LogP contribution in [0.1, 0.15) is 11.8 Å². The molecule has 3 N–H and O–H groups in total. The Bertz CT molecular complexity index is 611. The van der Waals surface area contributed by atoms with Gasteiger partial charge in [0.05, 0.1) is 19.8 Å². The maximum atomic E-state index is 12.0. The van der Waals surface area contributed by atoms with Crippen molar-refractivity contribution in [2.45, 2.75) is 31.5 Å². The van der Waals surface area contributed by atoms with Crippen molar-refractivity contribution >= 4 is 0 Å². The molecular formula is C13H20N2O7. The van der Waals surface area contributed by atoms with Gasteiger partial charge in [0.15, 0.2) is 6.23 Å². The van der Waals surface area contributed by atoms with Crippen molar-refractivity contribution in [3.8, 4) is 0 Å². The standard InChI is InChI=1S/C13H20N2O7/c1-7-5-15(13(19)14-11(7)18)12-10(21-4-3-20-2)9(17)8(6-16)22-12/h5,8-10,12,16-17H,3-4,6H2,1-2H3,(H,14,18,19)/t8-,9-,10+,12+/m0/s1. The number of aliphatic hydroxyl groups excluding tert-OH is 2. The summed E-state index contributed by atoms with van der Waals surface area (Å²) in [6, 6.07) is 0. The zero-order chi connectivity index (χ0) is 16.3. The molecule has 1 saturated heterocycles. The molecule has 1 aliphatic heterocycles. The molecule has 1 aromatic rings. The van der Waals surface area contributed by atoms with E-state index in [1.54, 1.807) is 6.92 Å². The fourth-order valence-electron chi connectivity index (χ4n) is 2.32. The lowest BCUT2D eigenvalue weighted by molar-refractivity contribution is -0.0820. The van der Waals surface area contributed by atoms with Crippen LogP contribution in [-0.4, -0.2) is 65.0 Å². The summed E-state index contributed by atoms with van der Waals surface area (Å²) in [5.41, 5.74) is -0.845. The van der Waals surface area contributed by atoms with Gasteiger partial charge >= 0.3 is 5.69 Å². The van der Waals surface area contributed by atoms with E-state index in [0.29, 0.717) is 12.2 Å². The highest BCUT2D eigenvalue weighted by atomic mass is 16.6. The second-order valence-electron chi connectivity index (χ2n) is 5.05. The van der Waals surface area contributed by atoms with Crippen LogP contribution in [0.5, 0.6) is 0 Å². The van der Waals surface area contributed by atoms with E-state index in [0.717, 1.165) is 4.57 Å². The third-order valence-corrected chi connectivity index (χ3v) is 3.51. The van der Waals surface area contributed by atoms with Crippen LogP contribution in [0.4, 0.5) is 0 Å². The van der Waals surface area contributed by atoms with Crippen molar-refractivity contribution < 1.29 is 24.4 Å². The molecule has 0 aromatic carbocycles. The van der Waals surface area contributed by atoms with Gasteiger partial charge in [-0.25, -0.2) is 4.79 Å². The van der Waals surface area contributed by atoms with Crippen molar-refractivity contribution in [1.29, 1.82) is 0 Å². The first kappa shape index (κ1) is 16.8. The molecule has 2 heterocycles. The molecule has 0 bridgehead atoms. The highest BCUT2D eigenvalue weighted by molar-refractivity contribution is 5.03. The van der Waals surface area contributed by atoms with Crippen LogP contribution in [0, 0.1) is 6.92 Å². The van der Waals surface area contributed by atoms with E-state index in [1.807, 2.05) is 0 Å². The van der Waals surface area contributed by atoms with Crippen molar-refractivity contribution in [3.63, 3.8) is 0 Å². The molecule has 9 nitrogen and oxygen atoms in total. The molecule has 4 atom stereocenters. The van der Waals surface area contributed by atoms with Gasteiger partial charge in [0.2, 0.25) is 0 Å². The minimum absolute atomic E-state index is 0.188. The summed E-state index contributed by atoms with van der Waals surface area (Å²) in [6.07, 6.45) is -2.46. The van der Waals surface area contributed by atoms with E-state index >= 15 is 0 Å². The molecule has 0 radical (unpaired) electrons. The monoisotopic (exact) mass is 316 g/mol. The van der Waals surface area contributed by atoms with Crippen LogP contribution in [0.3, 0.4) is 0 Å². The van der Waals surface area contributed by atoms with E-state index in [9.17, 15) is 19.8 Å². The normalized spacial score (nSPS) is 28.2. The molecule has 0 saturated carbocycles. The Morgan fingerprint density at radius 1 is 1.41 bits per heavy atom. The first-order chi connectivity index (χ1) is 10.5. The average molecular weight is 316 g/mol. The van der Waals surface area contributed by atoms with Crippen LogP contribution in [-0.2, 0) is 14.2 Å². The van der Waals surface area contributed by atoms with Crippen molar-refractivity contribution in [2.75, 3.05) is 26.9 Å². The number of rotatable bonds is 6. The average Bonchev–Trinajstić information content (AvgIpc) is 2.80. The summed E-state index contributed by atoms with van der Waals surface area (Å²) < 4.78 is 17.0. The second kappa shape index (κ2) is 7.16. The van der Waals surface area contributed by atoms with E-state index in [2.05, 4.69) is 4.98 Å². The summed E-state index contributed by atoms with van der Waals surface area (Å²) in [5, 5.41) is 19.4. The molecular weight excluding hydrogens is 296 g/mol. The van der Waals surface area contributed by atoms with E-state index < -0.39 is 42.4 Å². The predicted octanol–water partition coefficient (Wildman–Crippen LogP) is -1.87. The van der Waals surface area contributed by atoms with Gasteiger partial charge in [-0.2, -0.15) is 0 Å². The van der Waals surface area contributed by atoms with Crippen LogP contribution < -0.4 is 11.2 Å². The van der Waals surface area contributed by atoms with E-state index in [-0.39, 0.29) is 6.61 Å². The predicted molar refractivity (Wildman–Crippen MR) is 74.7 cm³/mol. The molecule has 22 heavy (non-hydrogen) atoms. The summed E-state index contributed by atoms with van der Waals surface area (Å²) in [7, 11) is 1.51. The van der Waals surface area contributed by atoms with Gasteiger partial charge in [0.25, 0.3) is 5.56 Å². The number of aromatic amines is 1. The molecule has 0 amide bonds. The Kier molecular flexibility index (Phi) is 5.48. The number of H-pyrrole nitrogens is 1. The summed E-state index contributed by atoms with van der Waals surface area (Å²) in [5.74, 6) is 0. The molecule has 1 fully saturated rings. The fourth-order valence-corrected chi connectivity index (χ4v) is 2.32. The SMILES string of the molecule is COCCO[C@@H]1[C@@H](O)[C@H](CO)O[C@H]1n1cc(C)c(=O)[nH]c1=O. The van der Waals surface area contributed by atoms with Gasteiger partial charge in [-0.15, -0.1) is 0 Å². The number of nitrogens with zero attached hydrogens (tertiary/aromatic N) is 1. The molecule has 2 rings (SSSR count). The van der Waals surface area contributed by atoms with E-state index in [4.69, 9.17) is 14.2 Å². The lowest BCUT2D eigenvalue weighted by atomic mass is 10.1. The molecule has 9 heteroatoms. The second-order valence-corrected chi connectivity index (χ2v) is 5.05. The summed E-state index contributed by atoms with van der Waals surface area (Å²) >= 11 is 0. The number of aromatic nitrogens is 2. The van der Waals surface area contributed by atoms with Crippen LogP contribution >= 0.6 is 0 Å². The number of aryl methyl sites for hydroxylation is 1. The maximum absolute atomic E-state index is 12.0. The smallest absolute Gasteiger partial charge is 0.330 e. The number of hydrogen-bond donors (Lipinski definition) is 3. The summed E-state index contributed by atoms with van der Waals surface area (Å²) in [6.45, 7) is 1.62. The minimum Gasteiger partial charge on any atom is -0.394 e. The van der Waals surface area contributed by atoms with Gasteiger partial charge in [0.1, 0.15) is 18.3 Å². The number of methoxy groups -OCH3 is 1. The number of aliphatic hydroxyl groups is 2.